The summed E-state index contributed by atoms with van der Waals surface area (Å²) in [4.78, 5) is 12.6. The molecule has 0 bridgehead atoms. The molecule has 1 unspecified atom stereocenters. The predicted octanol–water partition coefficient (Wildman–Crippen LogP) is 3.77. The summed E-state index contributed by atoms with van der Waals surface area (Å²) in [5.74, 6) is 0.354. The average Bonchev–Trinajstić information content (AvgIpc) is 2.91. The van der Waals surface area contributed by atoms with E-state index < -0.39 is 0 Å². The molecule has 1 aromatic carbocycles. The van der Waals surface area contributed by atoms with Gasteiger partial charge in [-0.15, -0.1) is 12.4 Å². The largest absolute Gasteiger partial charge is 0.352 e. The number of carbonyl (C=O) groups excluding carboxylic acids is 1. The first-order valence-electron chi connectivity index (χ1n) is 9.00. The minimum Gasteiger partial charge on any atom is -0.352 e. The number of hydrogen-bond donors (Lipinski definition) is 2. The van der Waals surface area contributed by atoms with Crippen molar-refractivity contribution in [2.45, 2.75) is 33.1 Å². The zero-order valence-corrected chi connectivity index (χ0v) is 16.2. The second kappa shape index (κ2) is 9.19. The van der Waals surface area contributed by atoms with E-state index in [1.807, 2.05) is 24.5 Å². The van der Waals surface area contributed by atoms with Gasteiger partial charge >= 0.3 is 0 Å². The standard InChI is InChI=1S/C20H26FN3O.ClH/c1-14-12-19(15(2)24(14)18-7-5-17(21)6-8-18)20(25)23-11-9-16-4-3-10-22-13-16;/h5-8,12,16,22H,3-4,9-11,13H2,1-2H3,(H,23,25);1H. The van der Waals surface area contributed by atoms with Crippen molar-refractivity contribution in [3.63, 3.8) is 0 Å². The topological polar surface area (TPSA) is 46.1 Å². The van der Waals surface area contributed by atoms with E-state index in [2.05, 4.69) is 10.6 Å². The highest BCUT2D eigenvalue weighted by Crippen LogP contribution is 2.21. The van der Waals surface area contributed by atoms with Gasteiger partial charge in [0.2, 0.25) is 0 Å². The van der Waals surface area contributed by atoms with Gasteiger partial charge < -0.3 is 15.2 Å². The molecule has 0 spiro atoms. The van der Waals surface area contributed by atoms with Gasteiger partial charge in [-0.25, -0.2) is 4.39 Å². The number of nitrogens with zero attached hydrogens (tertiary/aromatic N) is 1. The summed E-state index contributed by atoms with van der Waals surface area (Å²) >= 11 is 0. The Morgan fingerprint density at radius 2 is 2.04 bits per heavy atom. The highest BCUT2D eigenvalue weighted by molar-refractivity contribution is 5.95. The quantitative estimate of drug-likeness (QED) is 0.830. The molecule has 0 aliphatic carbocycles. The van der Waals surface area contributed by atoms with Gasteiger partial charge in [0, 0.05) is 23.6 Å². The Labute approximate surface area is 160 Å². The Morgan fingerprint density at radius 1 is 1.31 bits per heavy atom. The smallest absolute Gasteiger partial charge is 0.253 e. The molecule has 6 heteroatoms. The molecule has 1 amide bonds. The molecule has 2 heterocycles. The van der Waals surface area contributed by atoms with Gasteiger partial charge in [0.25, 0.3) is 5.91 Å². The van der Waals surface area contributed by atoms with Crippen molar-refractivity contribution in [3.8, 4) is 5.69 Å². The monoisotopic (exact) mass is 379 g/mol. The highest BCUT2D eigenvalue weighted by Gasteiger charge is 2.17. The number of aromatic nitrogens is 1. The lowest BCUT2D eigenvalue weighted by Gasteiger charge is -2.22. The van der Waals surface area contributed by atoms with Crippen LogP contribution in [0.1, 0.15) is 41.0 Å². The number of halogens is 2. The number of aryl methyl sites for hydroxylation is 1. The van der Waals surface area contributed by atoms with Gasteiger partial charge in [0.15, 0.2) is 0 Å². The van der Waals surface area contributed by atoms with Crippen molar-refractivity contribution in [3.05, 3.63) is 53.1 Å². The number of rotatable bonds is 5. The lowest BCUT2D eigenvalue weighted by Crippen LogP contribution is -2.33. The van der Waals surface area contributed by atoms with Crippen molar-refractivity contribution >= 4 is 18.3 Å². The van der Waals surface area contributed by atoms with E-state index in [-0.39, 0.29) is 24.1 Å². The zero-order chi connectivity index (χ0) is 17.8. The Morgan fingerprint density at radius 3 is 2.69 bits per heavy atom. The fourth-order valence-electron chi connectivity index (χ4n) is 3.64. The zero-order valence-electron chi connectivity index (χ0n) is 15.3. The van der Waals surface area contributed by atoms with Crippen LogP contribution in [0.2, 0.25) is 0 Å². The molecule has 0 radical (unpaired) electrons. The molecule has 1 atom stereocenters. The molecule has 1 aromatic heterocycles. The molecule has 1 saturated heterocycles. The summed E-state index contributed by atoms with van der Waals surface area (Å²) < 4.78 is 15.1. The Kier molecular flexibility index (Phi) is 7.23. The first-order valence-corrected chi connectivity index (χ1v) is 9.00. The van der Waals surface area contributed by atoms with Gasteiger partial charge in [0.1, 0.15) is 5.82 Å². The van der Waals surface area contributed by atoms with E-state index in [1.54, 1.807) is 12.1 Å². The SMILES string of the molecule is Cc1cc(C(=O)NCCC2CCCNC2)c(C)n1-c1ccc(F)cc1.Cl. The highest BCUT2D eigenvalue weighted by atomic mass is 35.5. The minimum atomic E-state index is -0.263. The number of carbonyl (C=O) groups is 1. The first-order chi connectivity index (χ1) is 12.1. The van der Waals surface area contributed by atoms with Crippen LogP contribution in [0.15, 0.2) is 30.3 Å². The summed E-state index contributed by atoms with van der Waals surface area (Å²) in [6.07, 6.45) is 3.47. The Hall–Kier alpha value is -1.85. The van der Waals surface area contributed by atoms with Crippen LogP contribution >= 0.6 is 12.4 Å². The lowest BCUT2D eigenvalue weighted by molar-refractivity contribution is 0.0950. The van der Waals surface area contributed by atoms with Crippen LogP contribution in [-0.2, 0) is 0 Å². The number of nitrogens with one attached hydrogen (secondary N) is 2. The molecule has 2 aromatic rings. The van der Waals surface area contributed by atoms with Crippen LogP contribution in [0, 0.1) is 25.6 Å². The third kappa shape index (κ3) is 4.65. The molecule has 142 valence electrons. The van der Waals surface area contributed by atoms with E-state index in [4.69, 9.17) is 0 Å². The maximum absolute atomic E-state index is 13.2. The molecule has 26 heavy (non-hydrogen) atoms. The third-order valence-electron chi connectivity index (χ3n) is 5.00. The third-order valence-corrected chi connectivity index (χ3v) is 5.00. The van der Waals surface area contributed by atoms with Crippen molar-refractivity contribution in [1.29, 1.82) is 0 Å². The molecule has 1 aliphatic rings. The summed E-state index contributed by atoms with van der Waals surface area (Å²) in [7, 11) is 0. The minimum absolute atomic E-state index is 0. The average molecular weight is 380 g/mol. The number of benzene rings is 1. The maximum atomic E-state index is 13.2. The van der Waals surface area contributed by atoms with Gasteiger partial charge in [0.05, 0.1) is 5.56 Å². The fourth-order valence-corrected chi connectivity index (χ4v) is 3.64. The van der Waals surface area contributed by atoms with Gasteiger partial charge in [-0.3, -0.25) is 4.79 Å². The van der Waals surface area contributed by atoms with Gasteiger partial charge in [-0.05, 0) is 82.4 Å². The van der Waals surface area contributed by atoms with Crippen LogP contribution in [0.25, 0.3) is 5.69 Å². The Balaban J connectivity index is 0.00000243. The van der Waals surface area contributed by atoms with E-state index >= 15 is 0 Å². The maximum Gasteiger partial charge on any atom is 0.253 e. The fraction of sp³-hybridized carbons (Fsp3) is 0.450. The molecular formula is C20H27ClFN3O. The molecule has 1 aliphatic heterocycles. The summed E-state index contributed by atoms with van der Waals surface area (Å²) in [6.45, 7) is 6.75. The van der Waals surface area contributed by atoms with E-state index in [1.165, 1.54) is 25.0 Å². The van der Waals surface area contributed by atoms with Crippen molar-refractivity contribution in [2.75, 3.05) is 19.6 Å². The predicted molar refractivity (Wildman–Crippen MR) is 105 cm³/mol. The molecule has 4 nitrogen and oxygen atoms in total. The van der Waals surface area contributed by atoms with E-state index in [0.717, 1.165) is 36.6 Å². The van der Waals surface area contributed by atoms with Gasteiger partial charge in [-0.1, -0.05) is 0 Å². The normalized spacial score (nSPS) is 16.8. The van der Waals surface area contributed by atoms with E-state index in [0.29, 0.717) is 18.0 Å². The Bertz CT molecular complexity index is 736. The number of piperidine rings is 1. The summed E-state index contributed by atoms with van der Waals surface area (Å²) in [5.41, 5.74) is 3.39. The number of amides is 1. The van der Waals surface area contributed by atoms with Crippen LogP contribution in [0.4, 0.5) is 4.39 Å². The van der Waals surface area contributed by atoms with Crippen molar-refractivity contribution < 1.29 is 9.18 Å². The van der Waals surface area contributed by atoms with Crippen LogP contribution in [0.3, 0.4) is 0 Å². The van der Waals surface area contributed by atoms with Crippen LogP contribution in [-0.4, -0.2) is 30.1 Å². The van der Waals surface area contributed by atoms with Crippen molar-refractivity contribution in [1.82, 2.24) is 15.2 Å². The molecular weight excluding hydrogens is 353 g/mol. The number of hydrogen-bond acceptors (Lipinski definition) is 2. The van der Waals surface area contributed by atoms with E-state index in [9.17, 15) is 9.18 Å². The van der Waals surface area contributed by atoms with Crippen LogP contribution in [0.5, 0.6) is 0 Å². The molecule has 3 rings (SSSR count). The lowest BCUT2D eigenvalue weighted by atomic mass is 9.96. The second-order valence-corrected chi connectivity index (χ2v) is 6.85. The van der Waals surface area contributed by atoms with Gasteiger partial charge in [-0.2, -0.15) is 0 Å². The summed E-state index contributed by atoms with van der Waals surface area (Å²) in [6, 6.07) is 8.23. The van der Waals surface area contributed by atoms with Crippen LogP contribution < -0.4 is 10.6 Å². The molecule has 1 fully saturated rings. The first kappa shape index (κ1) is 20.5. The molecule has 2 N–H and O–H groups in total. The molecule has 0 saturated carbocycles. The summed E-state index contributed by atoms with van der Waals surface area (Å²) in [5, 5.41) is 6.45. The second-order valence-electron chi connectivity index (χ2n) is 6.85. The van der Waals surface area contributed by atoms with Crippen molar-refractivity contribution in [2.24, 2.45) is 5.92 Å².